The van der Waals surface area contributed by atoms with Crippen molar-refractivity contribution in [2.24, 2.45) is 0 Å². The lowest BCUT2D eigenvalue weighted by Gasteiger charge is -2.01. The Morgan fingerprint density at radius 3 is 3.04 bits per heavy atom. The first-order valence-electron chi connectivity index (χ1n) is 7.10. The molecule has 0 fully saturated rings. The van der Waals surface area contributed by atoms with E-state index in [1.807, 2.05) is 36.4 Å². The maximum atomic E-state index is 12.0. The van der Waals surface area contributed by atoms with E-state index in [0.717, 1.165) is 16.0 Å². The molecule has 0 aliphatic heterocycles. The minimum Gasteiger partial charge on any atom is -0.431 e. The average Bonchev–Trinajstić information content (AvgIpc) is 3.18. The number of hydrogen-bond acceptors (Lipinski definition) is 6. The number of nitrogens with one attached hydrogen (secondary N) is 1. The first kappa shape index (κ1) is 16.0. The van der Waals surface area contributed by atoms with E-state index in [1.54, 1.807) is 7.11 Å². The average molecular weight is 348 g/mol. The van der Waals surface area contributed by atoms with Crippen LogP contribution in [0, 0.1) is 0 Å². The van der Waals surface area contributed by atoms with Gasteiger partial charge >= 0.3 is 0 Å². The highest BCUT2D eigenvalue weighted by Crippen LogP contribution is 2.22. The highest BCUT2D eigenvalue weighted by molar-refractivity contribution is 7.99. The van der Waals surface area contributed by atoms with Crippen molar-refractivity contribution in [2.45, 2.75) is 11.8 Å². The van der Waals surface area contributed by atoms with E-state index in [1.165, 1.54) is 23.1 Å². The summed E-state index contributed by atoms with van der Waals surface area (Å²) in [4.78, 5) is 18.1. The van der Waals surface area contributed by atoms with Crippen molar-refractivity contribution >= 4 is 40.1 Å². The van der Waals surface area contributed by atoms with Crippen LogP contribution in [0.5, 0.6) is 0 Å². The van der Waals surface area contributed by atoms with Crippen LogP contribution in [-0.4, -0.2) is 30.3 Å². The third-order valence-corrected chi connectivity index (χ3v) is 4.95. The lowest BCUT2D eigenvalue weighted by molar-refractivity contribution is 0.0960. The maximum absolute atomic E-state index is 12.0. The zero-order chi connectivity index (χ0) is 16.1. The number of nitrogens with zero attached hydrogens (tertiary/aromatic N) is 1. The molecular formula is C16H16N2O3S2. The molecule has 0 unspecified atom stereocenters. The topological polar surface area (TPSA) is 64.4 Å². The number of rotatable bonds is 7. The van der Waals surface area contributed by atoms with Gasteiger partial charge in [-0.15, -0.1) is 11.3 Å². The first-order valence-corrected chi connectivity index (χ1v) is 8.90. The fourth-order valence-electron chi connectivity index (χ4n) is 2.02. The molecule has 0 saturated heterocycles. The van der Waals surface area contributed by atoms with Gasteiger partial charge in [0.1, 0.15) is 5.52 Å². The first-order chi connectivity index (χ1) is 11.3. The number of benzene rings is 1. The molecule has 0 radical (unpaired) electrons. The number of methoxy groups -OCH3 is 1. The SMILES string of the molecule is COCc1ccc(C(=O)NCCSc2nc3ccccc3o2)s1. The molecule has 7 heteroatoms. The number of ether oxygens (including phenoxy) is 1. The number of carbonyl (C=O) groups is 1. The Balaban J connectivity index is 1.46. The molecule has 0 saturated carbocycles. The molecule has 1 amide bonds. The molecule has 3 aromatic rings. The number of thioether (sulfide) groups is 1. The number of carbonyl (C=O) groups excluding carboxylic acids is 1. The number of hydrogen-bond donors (Lipinski definition) is 1. The van der Waals surface area contributed by atoms with Gasteiger partial charge in [0, 0.05) is 24.3 Å². The highest BCUT2D eigenvalue weighted by atomic mass is 32.2. The van der Waals surface area contributed by atoms with Crippen LogP contribution in [0.2, 0.25) is 0 Å². The van der Waals surface area contributed by atoms with Crippen LogP contribution in [0.15, 0.2) is 46.0 Å². The van der Waals surface area contributed by atoms with Gasteiger partial charge in [-0.3, -0.25) is 4.79 Å². The molecule has 1 aromatic carbocycles. The van der Waals surface area contributed by atoms with Crippen molar-refractivity contribution in [1.29, 1.82) is 0 Å². The van der Waals surface area contributed by atoms with Crippen LogP contribution in [-0.2, 0) is 11.3 Å². The van der Waals surface area contributed by atoms with E-state index in [2.05, 4.69) is 10.3 Å². The predicted molar refractivity (Wildman–Crippen MR) is 92.1 cm³/mol. The summed E-state index contributed by atoms with van der Waals surface area (Å²) in [6.45, 7) is 1.09. The van der Waals surface area contributed by atoms with E-state index < -0.39 is 0 Å². The van der Waals surface area contributed by atoms with E-state index in [9.17, 15) is 4.79 Å². The van der Waals surface area contributed by atoms with Gasteiger partial charge in [0.05, 0.1) is 11.5 Å². The smallest absolute Gasteiger partial charge is 0.261 e. The second-order valence-electron chi connectivity index (χ2n) is 4.75. The summed E-state index contributed by atoms with van der Waals surface area (Å²) in [5.41, 5.74) is 1.63. The fraction of sp³-hybridized carbons (Fsp3) is 0.250. The Morgan fingerprint density at radius 1 is 1.35 bits per heavy atom. The highest BCUT2D eigenvalue weighted by Gasteiger charge is 2.09. The van der Waals surface area contributed by atoms with Crippen molar-refractivity contribution in [3.8, 4) is 0 Å². The summed E-state index contributed by atoms with van der Waals surface area (Å²) < 4.78 is 10.7. The Kier molecular flexibility index (Phi) is 5.32. The van der Waals surface area contributed by atoms with E-state index in [0.29, 0.717) is 29.0 Å². The largest absolute Gasteiger partial charge is 0.431 e. The Morgan fingerprint density at radius 2 is 2.22 bits per heavy atom. The molecule has 120 valence electrons. The summed E-state index contributed by atoms with van der Waals surface area (Å²) >= 11 is 2.94. The quantitative estimate of drug-likeness (QED) is 0.522. The van der Waals surface area contributed by atoms with E-state index in [-0.39, 0.29) is 5.91 Å². The van der Waals surface area contributed by atoms with Crippen LogP contribution in [0.4, 0.5) is 0 Å². The van der Waals surface area contributed by atoms with Crippen molar-refractivity contribution in [2.75, 3.05) is 19.4 Å². The number of fused-ring (bicyclic) bond motifs is 1. The summed E-state index contributed by atoms with van der Waals surface area (Å²) in [5.74, 6) is 0.644. The molecule has 23 heavy (non-hydrogen) atoms. The zero-order valence-corrected chi connectivity index (χ0v) is 14.2. The maximum Gasteiger partial charge on any atom is 0.261 e. The standard InChI is InChI=1S/C16H16N2O3S2/c1-20-10-11-6-7-14(23-11)15(19)17-8-9-22-16-18-12-4-2-3-5-13(12)21-16/h2-7H,8-10H2,1H3,(H,17,19). The molecule has 1 N–H and O–H groups in total. The van der Waals surface area contributed by atoms with E-state index in [4.69, 9.17) is 9.15 Å². The summed E-state index contributed by atoms with van der Waals surface area (Å²) in [6.07, 6.45) is 0. The molecule has 3 rings (SSSR count). The van der Waals surface area contributed by atoms with Crippen molar-refractivity contribution in [3.63, 3.8) is 0 Å². The molecule has 0 aliphatic rings. The molecule has 2 heterocycles. The van der Waals surface area contributed by atoms with Crippen LogP contribution in [0.1, 0.15) is 14.5 Å². The normalized spacial score (nSPS) is 11.0. The Labute approximate surface area is 142 Å². The van der Waals surface area contributed by atoms with Gasteiger partial charge in [0.15, 0.2) is 5.58 Å². The van der Waals surface area contributed by atoms with Gasteiger partial charge in [0.2, 0.25) is 0 Å². The van der Waals surface area contributed by atoms with Crippen LogP contribution in [0.3, 0.4) is 0 Å². The number of amides is 1. The lowest BCUT2D eigenvalue weighted by atomic mass is 10.3. The van der Waals surface area contributed by atoms with Gasteiger partial charge in [-0.2, -0.15) is 0 Å². The number of oxazole rings is 1. The minimum atomic E-state index is -0.0597. The van der Waals surface area contributed by atoms with Gasteiger partial charge in [-0.05, 0) is 24.3 Å². The minimum absolute atomic E-state index is 0.0597. The molecule has 0 bridgehead atoms. The Bertz CT molecular complexity index is 764. The summed E-state index contributed by atoms with van der Waals surface area (Å²) in [6, 6.07) is 11.4. The zero-order valence-electron chi connectivity index (χ0n) is 12.6. The number of thiophene rings is 1. The summed E-state index contributed by atoms with van der Waals surface area (Å²) in [7, 11) is 1.64. The molecule has 0 spiro atoms. The lowest BCUT2D eigenvalue weighted by Crippen LogP contribution is -2.24. The van der Waals surface area contributed by atoms with Crippen LogP contribution in [0.25, 0.3) is 11.1 Å². The van der Waals surface area contributed by atoms with Gasteiger partial charge in [-0.1, -0.05) is 23.9 Å². The molecule has 2 aromatic heterocycles. The molecular weight excluding hydrogens is 332 g/mol. The summed E-state index contributed by atoms with van der Waals surface area (Å²) in [5, 5.41) is 3.52. The molecule has 0 aliphatic carbocycles. The fourth-order valence-corrected chi connectivity index (χ4v) is 3.61. The second-order valence-corrected chi connectivity index (χ2v) is 6.97. The van der Waals surface area contributed by atoms with Crippen LogP contribution >= 0.6 is 23.1 Å². The predicted octanol–water partition coefficient (Wildman–Crippen LogP) is 3.56. The van der Waals surface area contributed by atoms with Crippen LogP contribution < -0.4 is 5.32 Å². The number of para-hydroxylation sites is 2. The number of aromatic nitrogens is 1. The second kappa shape index (κ2) is 7.63. The van der Waals surface area contributed by atoms with Crippen molar-refractivity contribution in [3.05, 3.63) is 46.2 Å². The van der Waals surface area contributed by atoms with Gasteiger partial charge < -0.3 is 14.5 Å². The Hall–Kier alpha value is -1.83. The molecule has 5 nitrogen and oxygen atoms in total. The third-order valence-electron chi connectivity index (χ3n) is 3.06. The van der Waals surface area contributed by atoms with Crippen molar-refractivity contribution in [1.82, 2.24) is 10.3 Å². The third kappa shape index (κ3) is 4.13. The monoisotopic (exact) mass is 348 g/mol. The van der Waals surface area contributed by atoms with Crippen molar-refractivity contribution < 1.29 is 13.9 Å². The van der Waals surface area contributed by atoms with Gasteiger partial charge in [-0.25, -0.2) is 4.98 Å². The van der Waals surface area contributed by atoms with Gasteiger partial charge in [0.25, 0.3) is 11.1 Å². The van der Waals surface area contributed by atoms with E-state index >= 15 is 0 Å². The molecule has 0 atom stereocenters.